The first-order valence-electron chi connectivity index (χ1n) is 11.3. The smallest absolute Gasteiger partial charge is 0.244 e. The van der Waals surface area contributed by atoms with Gasteiger partial charge in [0.15, 0.2) is 5.41 Å². The van der Waals surface area contributed by atoms with E-state index in [1.807, 2.05) is 85.8 Å². The molecule has 0 amide bonds. The molecule has 3 aromatic rings. The summed E-state index contributed by atoms with van der Waals surface area (Å²) >= 11 is 0. The Kier molecular flexibility index (Phi) is 4.99. The monoisotopic (exact) mass is 458 g/mol. The maximum absolute atomic E-state index is 10.4. The number of nitriles is 3. The van der Waals surface area contributed by atoms with Crippen molar-refractivity contribution < 1.29 is 9.47 Å². The van der Waals surface area contributed by atoms with Crippen molar-refractivity contribution in [2.45, 2.75) is 25.7 Å². The molecule has 3 aromatic carbocycles. The average molecular weight is 459 g/mol. The lowest BCUT2D eigenvalue weighted by Crippen LogP contribution is -2.57. The van der Waals surface area contributed by atoms with Gasteiger partial charge in [0.05, 0.1) is 24.1 Å². The molecule has 0 spiro atoms. The lowest BCUT2D eigenvalue weighted by molar-refractivity contribution is -0.288. The highest BCUT2D eigenvalue weighted by Crippen LogP contribution is 2.68. The zero-order chi connectivity index (χ0) is 24.8. The quantitative estimate of drug-likeness (QED) is 0.535. The largest absolute Gasteiger partial charge is 0.443 e. The Bertz CT molecular complexity index is 1410. The molecular formula is C29H22N4O2. The van der Waals surface area contributed by atoms with Crippen molar-refractivity contribution in [3.63, 3.8) is 0 Å². The van der Waals surface area contributed by atoms with Crippen LogP contribution in [0.25, 0.3) is 11.1 Å². The molecule has 1 N–H and O–H groups in total. The third kappa shape index (κ3) is 2.80. The summed E-state index contributed by atoms with van der Waals surface area (Å²) in [5, 5.41) is 39.9. The molecule has 0 saturated carbocycles. The van der Waals surface area contributed by atoms with Crippen LogP contribution in [0.2, 0.25) is 0 Å². The van der Waals surface area contributed by atoms with Crippen LogP contribution in [-0.2, 0) is 15.3 Å². The summed E-state index contributed by atoms with van der Waals surface area (Å²) in [4.78, 5) is 0. The molecule has 0 aliphatic carbocycles. The topological polar surface area (TPSA) is 114 Å². The Hall–Kier alpha value is -4.44. The SMILES string of the molecule is Cc1ccc(C23OC(=N)C(C#N)(C2C)C(C#N)(C#N)C(c2ccc(-c4ccccc4)cc2)O3)cc1. The van der Waals surface area contributed by atoms with Gasteiger partial charge in [0.2, 0.25) is 17.1 Å². The summed E-state index contributed by atoms with van der Waals surface area (Å²) in [6.45, 7) is 3.67. The van der Waals surface area contributed by atoms with Crippen LogP contribution >= 0.6 is 0 Å². The van der Waals surface area contributed by atoms with E-state index in [9.17, 15) is 15.8 Å². The van der Waals surface area contributed by atoms with Gasteiger partial charge in [-0.25, -0.2) is 0 Å². The predicted molar refractivity (Wildman–Crippen MR) is 128 cm³/mol. The maximum atomic E-state index is 10.4. The van der Waals surface area contributed by atoms with Crippen molar-refractivity contribution in [1.82, 2.24) is 0 Å². The summed E-state index contributed by atoms with van der Waals surface area (Å²) in [5.74, 6) is -2.69. The summed E-state index contributed by atoms with van der Waals surface area (Å²) in [5.41, 5.74) is 0.415. The minimum Gasteiger partial charge on any atom is -0.443 e. The highest BCUT2D eigenvalue weighted by Gasteiger charge is 2.79. The second-order valence-electron chi connectivity index (χ2n) is 9.12. The van der Waals surface area contributed by atoms with Gasteiger partial charge in [0.25, 0.3) is 0 Å². The minimum absolute atomic E-state index is 0.417. The first-order valence-corrected chi connectivity index (χ1v) is 11.3. The molecule has 2 saturated heterocycles. The zero-order valence-electron chi connectivity index (χ0n) is 19.3. The second-order valence-corrected chi connectivity index (χ2v) is 9.12. The Morgan fingerprint density at radius 1 is 0.800 bits per heavy atom. The first kappa shape index (κ1) is 22.4. The van der Waals surface area contributed by atoms with E-state index in [-0.39, 0.29) is 0 Å². The third-order valence-corrected chi connectivity index (χ3v) is 7.44. The first-order chi connectivity index (χ1) is 16.9. The van der Waals surface area contributed by atoms with E-state index in [1.165, 1.54) is 0 Å². The van der Waals surface area contributed by atoms with Crippen molar-refractivity contribution in [1.29, 1.82) is 21.2 Å². The summed E-state index contributed by atoms with van der Waals surface area (Å²) in [6, 6.07) is 31.1. The Morgan fingerprint density at radius 2 is 1.40 bits per heavy atom. The summed E-state index contributed by atoms with van der Waals surface area (Å²) < 4.78 is 12.6. The molecule has 2 aliphatic heterocycles. The number of fused-ring (bicyclic) bond motifs is 2. The van der Waals surface area contributed by atoms with Crippen LogP contribution < -0.4 is 0 Å². The normalized spacial score (nSPS) is 28.3. The Labute approximate surface area is 204 Å². The van der Waals surface area contributed by atoms with Crippen LogP contribution in [0.3, 0.4) is 0 Å². The van der Waals surface area contributed by atoms with Gasteiger partial charge in [0, 0.05) is 5.56 Å². The highest BCUT2D eigenvalue weighted by molar-refractivity contribution is 5.89. The number of rotatable bonds is 3. The van der Waals surface area contributed by atoms with Crippen LogP contribution in [0.4, 0.5) is 0 Å². The van der Waals surface area contributed by atoms with Crippen LogP contribution in [0.15, 0.2) is 78.9 Å². The molecule has 5 rings (SSSR count). The molecular weight excluding hydrogens is 436 g/mol. The number of ether oxygens (including phenoxy) is 2. The van der Waals surface area contributed by atoms with E-state index in [0.717, 1.165) is 16.7 Å². The number of aryl methyl sites for hydroxylation is 1. The third-order valence-electron chi connectivity index (χ3n) is 7.44. The fourth-order valence-electron chi connectivity index (χ4n) is 5.44. The average Bonchev–Trinajstić information content (AvgIpc) is 3.06. The van der Waals surface area contributed by atoms with E-state index < -0.39 is 34.5 Å². The Morgan fingerprint density at radius 3 is 1.97 bits per heavy atom. The van der Waals surface area contributed by atoms with Crippen molar-refractivity contribution in [2.75, 3.05) is 0 Å². The van der Waals surface area contributed by atoms with Gasteiger partial charge in [-0.05, 0) is 23.6 Å². The van der Waals surface area contributed by atoms with Gasteiger partial charge in [-0.3, -0.25) is 5.41 Å². The molecule has 4 atom stereocenters. The van der Waals surface area contributed by atoms with Crippen molar-refractivity contribution >= 4 is 5.90 Å². The fourth-order valence-corrected chi connectivity index (χ4v) is 5.44. The lowest BCUT2D eigenvalue weighted by Gasteiger charge is -2.48. The standard InChI is InChI=1S/C29H22N4O2/c1-19-8-14-24(15-9-19)29-20(2)28(18-32,26(33)35-29)27(16-30,17-31)25(34-29)23-12-10-22(11-13-23)21-6-4-3-5-7-21/h3-15,20,25,33H,1-2H3. The molecule has 2 heterocycles. The van der Waals surface area contributed by atoms with Gasteiger partial charge in [-0.1, -0.05) is 91.3 Å². The van der Waals surface area contributed by atoms with Gasteiger partial charge < -0.3 is 9.47 Å². The number of hydrogen-bond acceptors (Lipinski definition) is 6. The molecule has 2 aliphatic rings. The van der Waals surface area contributed by atoms with Gasteiger partial charge >= 0.3 is 0 Å². The van der Waals surface area contributed by atoms with Gasteiger partial charge in [-0.2, -0.15) is 15.8 Å². The molecule has 6 heteroatoms. The number of nitrogens with one attached hydrogen (secondary N) is 1. The van der Waals surface area contributed by atoms with E-state index in [0.29, 0.717) is 11.1 Å². The highest BCUT2D eigenvalue weighted by atomic mass is 16.7. The molecule has 0 radical (unpaired) electrons. The van der Waals surface area contributed by atoms with Crippen molar-refractivity contribution in [3.8, 4) is 29.3 Å². The maximum Gasteiger partial charge on any atom is 0.244 e. The number of benzene rings is 3. The molecule has 4 unspecified atom stereocenters. The predicted octanol–water partition coefficient (Wildman–Crippen LogP) is 5.77. The molecule has 2 fully saturated rings. The molecule has 6 nitrogen and oxygen atoms in total. The molecule has 35 heavy (non-hydrogen) atoms. The van der Waals surface area contributed by atoms with E-state index in [2.05, 4.69) is 18.2 Å². The van der Waals surface area contributed by atoms with Gasteiger partial charge in [0.1, 0.15) is 6.10 Å². The van der Waals surface area contributed by atoms with Gasteiger partial charge in [-0.15, -0.1) is 0 Å². The van der Waals surface area contributed by atoms with E-state index in [4.69, 9.17) is 14.9 Å². The number of hydrogen-bond donors (Lipinski definition) is 1. The van der Waals surface area contributed by atoms with Crippen molar-refractivity contribution in [2.24, 2.45) is 16.7 Å². The summed E-state index contributed by atoms with van der Waals surface area (Å²) in [7, 11) is 0. The second kappa shape index (κ2) is 7.81. The number of nitrogens with zero attached hydrogens (tertiary/aromatic N) is 3. The van der Waals surface area contributed by atoms with Crippen LogP contribution in [0, 0.1) is 63.1 Å². The molecule has 0 aromatic heterocycles. The Balaban J connectivity index is 1.71. The van der Waals surface area contributed by atoms with Crippen LogP contribution in [0.1, 0.15) is 29.7 Å². The summed E-state index contributed by atoms with van der Waals surface area (Å²) in [6.07, 6.45) is -1.12. The van der Waals surface area contributed by atoms with E-state index >= 15 is 0 Å². The van der Waals surface area contributed by atoms with Crippen LogP contribution in [-0.4, -0.2) is 5.90 Å². The fraction of sp³-hybridized carbons (Fsp3) is 0.241. The molecule has 2 bridgehead atoms. The van der Waals surface area contributed by atoms with E-state index in [1.54, 1.807) is 6.92 Å². The van der Waals surface area contributed by atoms with Crippen LogP contribution in [0.5, 0.6) is 0 Å². The molecule has 170 valence electrons. The zero-order valence-corrected chi connectivity index (χ0v) is 19.3. The lowest BCUT2D eigenvalue weighted by atomic mass is 9.53. The van der Waals surface area contributed by atoms with Crippen molar-refractivity contribution in [3.05, 3.63) is 95.6 Å². The minimum atomic E-state index is -1.99.